The molecule has 1 N–H and O–H groups in total. The molecule has 0 spiro atoms. The molecule has 0 aliphatic heterocycles. The maximum absolute atomic E-state index is 13.9. The van der Waals surface area contributed by atoms with Crippen molar-refractivity contribution in [2.24, 2.45) is 0 Å². The van der Waals surface area contributed by atoms with Crippen LogP contribution in [0, 0.1) is 12.7 Å². The van der Waals surface area contributed by atoms with Crippen molar-refractivity contribution in [1.29, 1.82) is 0 Å². The van der Waals surface area contributed by atoms with Gasteiger partial charge < -0.3 is 0 Å². The number of benzene rings is 1. The Morgan fingerprint density at radius 2 is 2.18 bits per heavy atom. The van der Waals surface area contributed by atoms with Crippen LogP contribution in [0.2, 0.25) is 0 Å². The zero-order valence-electron chi connectivity index (χ0n) is 11.7. The Kier molecular flexibility index (Phi) is 3.93. The molecule has 1 amide bonds. The topological polar surface area (TPSA) is 54.9 Å². The van der Waals surface area contributed by atoms with E-state index in [1.54, 1.807) is 29.8 Å². The normalized spacial score (nSPS) is 10.5. The van der Waals surface area contributed by atoms with Gasteiger partial charge in [-0.3, -0.25) is 15.1 Å². The highest BCUT2D eigenvalue weighted by molar-refractivity contribution is 7.14. The number of thiazole rings is 1. The number of carbonyl (C=O) groups excluding carboxylic acids is 1. The summed E-state index contributed by atoms with van der Waals surface area (Å²) in [5, 5.41) is 4.82. The third-order valence-corrected chi connectivity index (χ3v) is 3.81. The molecular weight excluding hydrogens is 301 g/mol. The number of hydrogen-bond acceptors (Lipinski definition) is 4. The van der Waals surface area contributed by atoms with E-state index in [9.17, 15) is 9.18 Å². The number of nitrogens with one attached hydrogen (secondary N) is 1. The largest absolute Gasteiger partial charge is 0.298 e. The van der Waals surface area contributed by atoms with Crippen LogP contribution in [-0.2, 0) is 0 Å². The van der Waals surface area contributed by atoms with E-state index in [1.807, 2.05) is 13.0 Å². The number of anilines is 1. The number of amides is 1. The van der Waals surface area contributed by atoms with Crippen LogP contribution >= 0.6 is 11.3 Å². The summed E-state index contributed by atoms with van der Waals surface area (Å²) in [6.07, 6.45) is 3.07. The fraction of sp³-hybridized carbons (Fsp3) is 0.0625. The summed E-state index contributed by atoms with van der Waals surface area (Å²) in [6.45, 7) is 1.83. The molecule has 2 aromatic heterocycles. The summed E-state index contributed by atoms with van der Waals surface area (Å²) >= 11 is 1.25. The summed E-state index contributed by atoms with van der Waals surface area (Å²) in [7, 11) is 0. The van der Waals surface area contributed by atoms with Crippen molar-refractivity contribution >= 4 is 22.4 Å². The quantitative estimate of drug-likeness (QED) is 0.797. The third kappa shape index (κ3) is 3.01. The lowest BCUT2D eigenvalue weighted by molar-refractivity contribution is 0.102. The molecule has 2 heterocycles. The van der Waals surface area contributed by atoms with Crippen LogP contribution < -0.4 is 5.32 Å². The molecule has 0 saturated heterocycles. The van der Waals surface area contributed by atoms with E-state index in [-0.39, 0.29) is 11.7 Å². The summed E-state index contributed by atoms with van der Waals surface area (Å²) in [4.78, 5) is 20.2. The number of pyridine rings is 1. The second kappa shape index (κ2) is 6.03. The van der Waals surface area contributed by atoms with Crippen LogP contribution in [0.1, 0.15) is 15.9 Å². The zero-order chi connectivity index (χ0) is 15.5. The van der Waals surface area contributed by atoms with Gasteiger partial charge in [0.1, 0.15) is 5.82 Å². The zero-order valence-corrected chi connectivity index (χ0v) is 12.5. The molecule has 0 bridgehead atoms. The van der Waals surface area contributed by atoms with Crippen molar-refractivity contribution < 1.29 is 9.18 Å². The Balaban J connectivity index is 1.81. The molecule has 0 atom stereocenters. The van der Waals surface area contributed by atoms with Crippen molar-refractivity contribution in [3.05, 3.63) is 65.0 Å². The van der Waals surface area contributed by atoms with Gasteiger partial charge in [-0.1, -0.05) is 6.07 Å². The number of rotatable bonds is 3. The minimum Gasteiger partial charge on any atom is -0.298 e. The van der Waals surface area contributed by atoms with E-state index in [2.05, 4.69) is 15.3 Å². The van der Waals surface area contributed by atoms with E-state index >= 15 is 0 Å². The van der Waals surface area contributed by atoms with Gasteiger partial charge in [0.25, 0.3) is 5.91 Å². The third-order valence-electron chi connectivity index (χ3n) is 3.05. The summed E-state index contributed by atoms with van der Waals surface area (Å²) in [5.74, 6) is -0.617. The SMILES string of the molecule is Cc1ccc(-c2csc(NC(=O)c3cccnc3)n2)c(F)c1. The van der Waals surface area contributed by atoms with E-state index in [0.29, 0.717) is 22.0 Å². The summed E-state index contributed by atoms with van der Waals surface area (Å²) in [5.41, 5.74) is 2.22. The highest BCUT2D eigenvalue weighted by Gasteiger charge is 2.12. The second-order valence-corrected chi connectivity index (χ2v) is 5.58. The van der Waals surface area contributed by atoms with Crippen molar-refractivity contribution in [3.63, 3.8) is 0 Å². The van der Waals surface area contributed by atoms with E-state index in [1.165, 1.54) is 23.6 Å². The highest BCUT2D eigenvalue weighted by atomic mass is 32.1. The van der Waals surface area contributed by atoms with Gasteiger partial charge in [0, 0.05) is 23.3 Å². The van der Waals surface area contributed by atoms with Gasteiger partial charge in [-0.05, 0) is 36.8 Å². The smallest absolute Gasteiger partial charge is 0.259 e. The molecule has 0 aliphatic carbocycles. The molecule has 22 heavy (non-hydrogen) atoms. The maximum Gasteiger partial charge on any atom is 0.259 e. The molecule has 0 aliphatic rings. The Morgan fingerprint density at radius 1 is 1.32 bits per heavy atom. The number of aryl methyl sites for hydroxylation is 1. The predicted octanol–water partition coefficient (Wildman–Crippen LogP) is 3.90. The molecule has 6 heteroatoms. The fourth-order valence-corrected chi connectivity index (χ4v) is 2.65. The molecule has 3 rings (SSSR count). The molecule has 0 unspecified atom stereocenters. The second-order valence-electron chi connectivity index (χ2n) is 4.72. The molecule has 0 fully saturated rings. The first-order chi connectivity index (χ1) is 10.6. The summed E-state index contributed by atoms with van der Waals surface area (Å²) in [6, 6.07) is 8.32. The fourth-order valence-electron chi connectivity index (χ4n) is 1.95. The standard InChI is InChI=1S/C16H12FN3OS/c1-10-4-5-12(13(17)7-10)14-9-22-16(19-14)20-15(21)11-3-2-6-18-8-11/h2-9H,1H3,(H,19,20,21). The first kappa shape index (κ1) is 14.3. The van der Waals surface area contributed by atoms with Gasteiger partial charge in [-0.25, -0.2) is 9.37 Å². The molecule has 110 valence electrons. The van der Waals surface area contributed by atoms with Gasteiger partial charge in [0.2, 0.25) is 0 Å². The maximum atomic E-state index is 13.9. The van der Waals surface area contributed by atoms with Crippen LogP contribution in [0.25, 0.3) is 11.3 Å². The van der Waals surface area contributed by atoms with Gasteiger partial charge in [0.05, 0.1) is 11.3 Å². The van der Waals surface area contributed by atoms with Gasteiger partial charge in [-0.15, -0.1) is 11.3 Å². The van der Waals surface area contributed by atoms with Crippen molar-refractivity contribution in [2.45, 2.75) is 6.92 Å². The summed E-state index contributed by atoms with van der Waals surface area (Å²) < 4.78 is 13.9. The number of hydrogen-bond donors (Lipinski definition) is 1. The minimum absolute atomic E-state index is 0.293. The average Bonchev–Trinajstić information content (AvgIpc) is 2.96. The van der Waals surface area contributed by atoms with Gasteiger partial charge in [0.15, 0.2) is 5.13 Å². The Hall–Kier alpha value is -2.60. The lowest BCUT2D eigenvalue weighted by Gasteiger charge is -2.01. The van der Waals surface area contributed by atoms with E-state index in [0.717, 1.165) is 5.56 Å². The highest BCUT2D eigenvalue weighted by Crippen LogP contribution is 2.27. The monoisotopic (exact) mass is 313 g/mol. The predicted molar refractivity (Wildman–Crippen MR) is 84.4 cm³/mol. The van der Waals surface area contributed by atoms with Gasteiger partial charge in [-0.2, -0.15) is 0 Å². The van der Waals surface area contributed by atoms with Crippen molar-refractivity contribution in [2.75, 3.05) is 5.32 Å². The first-order valence-electron chi connectivity index (χ1n) is 6.57. The Bertz CT molecular complexity index is 817. The lowest BCUT2D eigenvalue weighted by atomic mass is 10.1. The number of carbonyl (C=O) groups is 1. The molecule has 1 aromatic carbocycles. The van der Waals surface area contributed by atoms with Crippen LogP contribution in [-0.4, -0.2) is 15.9 Å². The van der Waals surface area contributed by atoms with Crippen LogP contribution in [0.15, 0.2) is 48.1 Å². The minimum atomic E-state index is -0.324. The van der Waals surface area contributed by atoms with E-state index in [4.69, 9.17) is 0 Å². The van der Waals surface area contributed by atoms with Crippen LogP contribution in [0.3, 0.4) is 0 Å². The number of aromatic nitrogens is 2. The molecule has 4 nitrogen and oxygen atoms in total. The Labute approximate surface area is 130 Å². The molecular formula is C16H12FN3OS. The van der Waals surface area contributed by atoms with Crippen LogP contribution in [0.4, 0.5) is 9.52 Å². The number of nitrogens with zero attached hydrogens (tertiary/aromatic N) is 2. The number of halogens is 1. The van der Waals surface area contributed by atoms with Crippen molar-refractivity contribution in [3.8, 4) is 11.3 Å². The van der Waals surface area contributed by atoms with E-state index < -0.39 is 0 Å². The molecule has 0 saturated carbocycles. The lowest BCUT2D eigenvalue weighted by Crippen LogP contribution is -2.11. The molecule has 3 aromatic rings. The first-order valence-corrected chi connectivity index (χ1v) is 7.45. The van der Waals surface area contributed by atoms with Crippen molar-refractivity contribution in [1.82, 2.24) is 9.97 Å². The average molecular weight is 313 g/mol. The van der Waals surface area contributed by atoms with Gasteiger partial charge >= 0.3 is 0 Å². The molecule has 0 radical (unpaired) electrons. The Morgan fingerprint density at radius 3 is 2.91 bits per heavy atom. The van der Waals surface area contributed by atoms with Crippen LogP contribution in [0.5, 0.6) is 0 Å².